The number of methoxy groups -OCH3 is 1. The average Bonchev–Trinajstić information content (AvgIpc) is 2.89. The number of nitrogens with one attached hydrogen (secondary N) is 1. The van der Waals surface area contributed by atoms with Gasteiger partial charge in [0.2, 0.25) is 5.91 Å². The first-order valence-electron chi connectivity index (χ1n) is 6.72. The Morgan fingerprint density at radius 2 is 2.16 bits per heavy atom. The first-order chi connectivity index (χ1) is 9.19. The highest BCUT2D eigenvalue weighted by atomic mass is 19.1. The van der Waals surface area contributed by atoms with Crippen molar-refractivity contribution >= 4 is 5.91 Å². The minimum Gasteiger partial charge on any atom is -0.383 e. The predicted octanol–water partition coefficient (Wildman–Crippen LogP) is 2.40. The highest BCUT2D eigenvalue weighted by Crippen LogP contribution is 2.41. The van der Waals surface area contributed by atoms with Crippen LogP contribution >= 0.6 is 0 Å². The summed E-state index contributed by atoms with van der Waals surface area (Å²) in [5.41, 5.74) is 0.232. The summed E-state index contributed by atoms with van der Waals surface area (Å²) in [6, 6.07) is 6.42. The van der Waals surface area contributed by atoms with Gasteiger partial charge in [-0.15, -0.1) is 0 Å². The summed E-state index contributed by atoms with van der Waals surface area (Å²) in [5, 5.41) is 2.90. The van der Waals surface area contributed by atoms with E-state index in [1.165, 1.54) is 12.1 Å². The second kappa shape index (κ2) is 6.15. The third kappa shape index (κ3) is 2.95. The van der Waals surface area contributed by atoms with Crippen LogP contribution in [0.1, 0.15) is 31.2 Å². The van der Waals surface area contributed by atoms with Gasteiger partial charge in [-0.05, 0) is 30.5 Å². The molecule has 0 radical (unpaired) electrons. The van der Waals surface area contributed by atoms with E-state index in [1.807, 2.05) is 6.07 Å². The first kappa shape index (κ1) is 14.0. The standard InChI is InChI=1S/C15H20FNO2/c1-19-10-9-17-14(18)15(7-2-3-8-15)12-5-4-6-13(16)11-12/h4-6,11H,2-3,7-10H2,1H3,(H,17,18). The fourth-order valence-corrected chi connectivity index (χ4v) is 2.85. The summed E-state index contributed by atoms with van der Waals surface area (Å²) >= 11 is 0. The van der Waals surface area contributed by atoms with Crippen molar-refractivity contribution in [3.05, 3.63) is 35.6 Å². The monoisotopic (exact) mass is 265 g/mol. The lowest BCUT2D eigenvalue weighted by molar-refractivity contribution is -0.126. The number of benzene rings is 1. The van der Waals surface area contributed by atoms with E-state index >= 15 is 0 Å². The summed E-state index contributed by atoms with van der Waals surface area (Å²) in [4.78, 5) is 12.5. The van der Waals surface area contributed by atoms with Gasteiger partial charge in [0, 0.05) is 13.7 Å². The first-order valence-corrected chi connectivity index (χ1v) is 6.72. The molecule has 0 atom stereocenters. The largest absolute Gasteiger partial charge is 0.383 e. The van der Waals surface area contributed by atoms with E-state index in [0.717, 1.165) is 31.2 Å². The lowest BCUT2D eigenvalue weighted by atomic mass is 9.78. The molecule has 1 aromatic rings. The highest BCUT2D eigenvalue weighted by Gasteiger charge is 2.42. The zero-order valence-electron chi connectivity index (χ0n) is 11.2. The van der Waals surface area contributed by atoms with Crippen molar-refractivity contribution in [3.8, 4) is 0 Å². The summed E-state index contributed by atoms with van der Waals surface area (Å²) in [6.07, 6.45) is 3.59. The highest BCUT2D eigenvalue weighted by molar-refractivity contribution is 5.88. The number of hydrogen-bond acceptors (Lipinski definition) is 2. The molecule has 1 aromatic carbocycles. The van der Waals surface area contributed by atoms with Crippen LogP contribution in [0.25, 0.3) is 0 Å². The molecule has 3 nitrogen and oxygen atoms in total. The molecule has 104 valence electrons. The Balaban J connectivity index is 2.20. The number of carbonyl (C=O) groups excluding carboxylic acids is 1. The Labute approximate surface area is 113 Å². The van der Waals surface area contributed by atoms with Crippen molar-refractivity contribution in [2.45, 2.75) is 31.1 Å². The average molecular weight is 265 g/mol. The number of halogens is 1. The van der Waals surface area contributed by atoms with Crippen LogP contribution in [0.4, 0.5) is 4.39 Å². The van der Waals surface area contributed by atoms with E-state index in [-0.39, 0.29) is 11.7 Å². The molecule has 0 heterocycles. The molecule has 1 N–H and O–H groups in total. The van der Waals surface area contributed by atoms with Gasteiger partial charge in [-0.25, -0.2) is 4.39 Å². The molecular weight excluding hydrogens is 245 g/mol. The topological polar surface area (TPSA) is 38.3 Å². The number of rotatable bonds is 5. The lowest BCUT2D eigenvalue weighted by Gasteiger charge is -2.28. The molecule has 0 bridgehead atoms. The third-order valence-corrected chi connectivity index (χ3v) is 3.86. The summed E-state index contributed by atoms with van der Waals surface area (Å²) in [6.45, 7) is 0.984. The zero-order chi connectivity index (χ0) is 13.7. The molecule has 0 spiro atoms. The van der Waals surface area contributed by atoms with Crippen molar-refractivity contribution in [3.63, 3.8) is 0 Å². The fraction of sp³-hybridized carbons (Fsp3) is 0.533. The molecule has 0 aromatic heterocycles. The van der Waals surface area contributed by atoms with Crippen LogP contribution in [0.15, 0.2) is 24.3 Å². The van der Waals surface area contributed by atoms with E-state index in [9.17, 15) is 9.18 Å². The van der Waals surface area contributed by atoms with E-state index in [1.54, 1.807) is 13.2 Å². The van der Waals surface area contributed by atoms with Gasteiger partial charge < -0.3 is 10.1 Å². The molecule has 19 heavy (non-hydrogen) atoms. The fourth-order valence-electron chi connectivity index (χ4n) is 2.85. The Morgan fingerprint density at radius 3 is 2.79 bits per heavy atom. The van der Waals surface area contributed by atoms with Crippen molar-refractivity contribution in [1.82, 2.24) is 5.32 Å². The van der Waals surface area contributed by atoms with Gasteiger partial charge in [0.15, 0.2) is 0 Å². The number of hydrogen-bond donors (Lipinski definition) is 1. The van der Waals surface area contributed by atoms with Crippen LogP contribution in [-0.2, 0) is 14.9 Å². The minimum absolute atomic E-state index is 0.00681. The molecule has 1 aliphatic carbocycles. The maximum Gasteiger partial charge on any atom is 0.230 e. The molecule has 0 saturated heterocycles. The van der Waals surface area contributed by atoms with Crippen LogP contribution in [0, 0.1) is 5.82 Å². The van der Waals surface area contributed by atoms with Gasteiger partial charge in [-0.1, -0.05) is 25.0 Å². The summed E-state index contributed by atoms with van der Waals surface area (Å²) in [7, 11) is 1.60. The molecule has 0 unspecified atom stereocenters. The molecule has 0 aliphatic heterocycles. The molecular formula is C15H20FNO2. The molecule has 4 heteroatoms. The Hall–Kier alpha value is -1.42. The number of carbonyl (C=O) groups is 1. The normalized spacial score (nSPS) is 17.4. The van der Waals surface area contributed by atoms with Gasteiger partial charge in [0.05, 0.1) is 12.0 Å². The predicted molar refractivity (Wildman–Crippen MR) is 71.4 cm³/mol. The van der Waals surface area contributed by atoms with Crippen molar-refractivity contribution < 1.29 is 13.9 Å². The lowest BCUT2D eigenvalue weighted by Crippen LogP contribution is -2.43. The Kier molecular flexibility index (Phi) is 4.53. The van der Waals surface area contributed by atoms with Crippen LogP contribution in [-0.4, -0.2) is 26.2 Å². The molecule has 1 amide bonds. The zero-order valence-corrected chi connectivity index (χ0v) is 11.2. The summed E-state index contributed by atoms with van der Waals surface area (Å²) < 4.78 is 18.3. The van der Waals surface area contributed by atoms with Crippen LogP contribution in [0.3, 0.4) is 0 Å². The van der Waals surface area contributed by atoms with E-state index in [0.29, 0.717) is 13.2 Å². The maximum atomic E-state index is 13.4. The van der Waals surface area contributed by atoms with Gasteiger partial charge in [-0.2, -0.15) is 0 Å². The van der Waals surface area contributed by atoms with Crippen molar-refractivity contribution in [2.24, 2.45) is 0 Å². The Bertz CT molecular complexity index is 442. The van der Waals surface area contributed by atoms with Crippen molar-refractivity contribution in [2.75, 3.05) is 20.3 Å². The van der Waals surface area contributed by atoms with Crippen LogP contribution in [0.2, 0.25) is 0 Å². The molecule has 1 saturated carbocycles. The van der Waals surface area contributed by atoms with Gasteiger partial charge >= 0.3 is 0 Å². The van der Waals surface area contributed by atoms with Crippen LogP contribution in [0.5, 0.6) is 0 Å². The SMILES string of the molecule is COCCNC(=O)C1(c2cccc(F)c2)CCCC1. The number of ether oxygens (including phenoxy) is 1. The van der Waals surface area contributed by atoms with E-state index in [2.05, 4.69) is 5.32 Å². The maximum absolute atomic E-state index is 13.4. The van der Waals surface area contributed by atoms with E-state index < -0.39 is 5.41 Å². The number of amides is 1. The third-order valence-electron chi connectivity index (χ3n) is 3.86. The molecule has 2 rings (SSSR count). The quantitative estimate of drug-likeness (QED) is 0.830. The van der Waals surface area contributed by atoms with Gasteiger partial charge in [-0.3, -0.25) is 4.79 Å². The van der Waals surface area contributed by atoms with Gasteiger partial charge in [0.25, 0.3) is 0 Å². The second-order valence-corrected chi connectivity index (χ2v) is 5.05. The Morgan fingerprint density at radius 1 is 1.42 bits per heavy atom. The van der Waals surface area contributed by atoms with Crippen LogP contribution < -0.4 is 5.32 Å². The summed E-state index contributed by atoms with van der Waals surface area (Å²) in [5.74, 6) is -0.291. The minimum atomic E-state index is -0.560. The smallest absolute Gasteiger partial charge is 0.230 e. The molecule has 1 aliphatic rings. The van der Waals surface area contributed by atoms with Gasteiger partial charge in [0.1, 0.15) is 5.82 Å². The second-order valence-electron chi connectivity index (χ2n) is 5.05. The van der Waals surface area contributed by atoms with E-state index in [4.69, 9.17) is 4.74 Å². The molecule has 1 fully saturated rings. The van der Waals surface area contributed by atoms with Crippen molar-refractivity contribution in [1.29, 1.82) is 0 Å².